The maximum absolute atomic E-state index is 12.4. The van der Waals surface area contributed by atoms with Crippen LogP contribution in [-0.2, 0) is 4.74 Å². The highest BCUT2D eigenvalue weighted by molar-refractivity contribution is 5.91. The number of ether oxygens (including phenoxy) is 2. The van der Waals surface area contributed by atoms with Gasteiger partial charge in [-0.2, -0.15) is 0 Å². The Morgan fingerprint density at radius 2 is 2.23 bits per heavy atom. The average molecular weight is 361 g/mol. The molecule has 26 heavy (non-hydrogen) atoms. The number of carbonyl (C=O) groups excluding carboxylic acids is 1. The first-order valence-corrected chi connectivity index (χ1v) is 9.68. The van der Waals surface area contributed by atoms with Crippen molar-refractivity contribution >= 4 is 11.7 Å². The molecule has 0 saturated carbocycles. The van der Waals surface area contributed by atoms with Crippen molar-refractivity contribution in [2.45, 2.75) is 58.2 Å². The largest absolute Gasteiger partial charge is 0.489 e. The molecular weight excluding hydrogens is 330 g/mol. The van der Waals surface area contributed by atoms with E-state index in [0.29, 0.717) is 24.1 Å². The van der Waals surface area contributed by atoms with Gasteiger partial charge in [-0.05, 0) is 57.7 Å². The Kier molecular flexibility index (Phi) is 6.38. The Balaban J connectivity index is 1.55. The molecule has 0 bridgehead atoms. The molecule has 2 N–H and O–H groups in total. The van der Waals surface area contributed by atoms with Crippen LogP contribution >= 0.6 is 0 Å². The second kappa shape index (κ2) is 8.73. The van der Waals surface area contributed by atoms with Gasteiger partial charge in [0.1, 0.15) is 12.4 Å². The third-order valence-electron chi connectivity index (χ3n) is 5.12. The SMILES string of the molecule is Cc1ccc(NC(=O)NC2CCN(C(C)C)C2)c(OCC2CCCO2)c1. The molecule has 6 heteroatoms. The molecule has 2 aliphatic rings. The van der Waals surface area contributed by atoms with Gasteiger partial charge in [-0.1, -0.05) is 6.07 Å². The molecule has 2 fully saturated rings. The number of anilines is 1. The highest BCUT2D eigenvalue weighted by atomic mass is 16.5. The lowest BCUT2D eigenvalue weighted by Crippen LogP contribution is -2.40. The van der Waals surface area contributed by atoms with Crippen molar-refractivity contribution in [3.05, 3.63) is 23.8 Å². The van der Waals surface area contributed by atoms with Crippen LogP contribution in [0, 0.1) is 6.92 Å². The maximum atomic E-state index is 12.4. The van der Waals surface area contributed by atoms with Gasteiger partial charge in [-0.25, -0.2) is 4.79 Å². The quantitative estimate of drug-likeness (QED) is 0.817. The van der Waals surface area contributed by atoms with Gasteiger partial charge in [0.15, 0.2) is 0 Å². The first kappa shape index (κ1) is 19.0. The van der Waals surface area contributed by atoms with Crippen LogP contribution in [-0.4, -0.2) is 55.4 Å². The van der Waals surface area contributed by atoms with E-state index in [0.717, 1.165) is 44.5 Å². The van der Waals surface area contributed by atoms with Crippen molar-refractivity contribution in [3.8, 4) is 5.75 Å². The number of nitrogens with zero attached hydrogens (tertiary/aromatic N) is 1. The molecule has 1 aromatic carbocycles. The van der Waals surface area contributed by atoms with Crippen molar-refractivity contribution < 1.29 is 14.3 Å². The van der Waals surface area contributed by atoms with Crippen LogP contribution in [0.15, 0.2) is 18.2 Å². The van der Waals surface area contributed by atoms with Crippen LogP contribution in [0.5, 0.6) is 5.75 Å². The van der Waals surface area contributed by atoms with Gasteiger partial charge >= 0.3 is 6.03 Å². The minimum atomic E-state index is -0.175. The van der Waals surface area contributed by atoms with Gasteiger partial charge in [0.25, 0.3) is 0 Å². The molecule has 3 rings (SSSR count). The summed E-state index contributed by atoms with van der Waals surface area (Å²) in [6, 6.07) is 6.37. The summed E-state index contributed by atoms with van der Waals surface area (Å²) >= 11 is 0. The fourth-order valence-corrected chi connectivity index (χ4v) is 3.53. The van der Waals surface area contributed by atoms with E-state index in [1.54, 1.807) is 0 Å². The number of rotatable bonds is 6. The number of carbonyl (C=O) groups is 1. The Hall–Kier alpha value is -1.79. The van der Waals surface area contributed by atoms with E-state index in [1.165, 1.54) is 0 Å². The minimum absolute atomic E-state index is 0.151. The van der Waals surface area contributed by atoms with Gasteiger partial charge in [-0.3, -0.25) is 4.90 Å². The second-order valence-corrected chi connectivity index (χ2v) is 7.62. The highest BCUT2D eigenvalue weighted by Gasteiger charge is 2.25. The number of aryl methyl sites for hydroxylation is 1. The predicted octanol–water partition coefficient (Wildman–Crippen LogP) is 3.16. The van der Waals surface area contributed by atoms with Crippen LogP contribution in [0.4, 0.5) is 10.5 Å². The molecule has 2 heterocycles. The molecule has 0 spiro atoms. The van der Waals surface area contributed by atoms with E-state index >= 15 is 0 Å². The minimum Gasteiger partial charge on any atom is -0.489 e. The Morgan fingerprint density at radius 3 is 2.92 bits per heavy atom. The monoisotopic (exact) mass is 361 g/mol. The summed E-state index contributed by atoms with van der Waals surface area (Å²) in [5, 5.41) is 6.03. The zero-order valence-corrected chi connectivity index (χ0v) is 16.1. The van der Waals surface area contributed by atoms with Crippen LogP contribution in [0.2, 0.25) is 0 Å². The fraction of sp³-hybridized carbons (Fsp3) is 0.650. The smallest absolute Gasteiger partial charge is 0.319 e. The van der Waals surface area contributed by atoms with Crippen LogP contribution in [0.3, 0.4) is 0 Å². The van der Waals surface area contributed by atoms with Gasteiger partial charge in [0, 0.05) is 31.8 Å². The first-order valence-electron chi connectivity index (χ1n) is 9.68. The molecule has 0 aromatic heterocycles. The second-order valence-electron chi connectivity index (χ2n) is 7.62. The molecule has 0 radical (unpaired) electrons. The van der Waals surface area contributed by atoms with E-state index in [2.05, 4.69) is 29.4 Å². The van der Waals surface area contributed by atoms with E-state index in [1.807, 2.05) is 25.1 Å². The van der Waals surface area contributed by atoms with E-state index in [9.17, 15) is 4.79 Å². The van der Waals surface area contributed by atoms with Crippen LogP contribution < -0.4 is 15.4 Å². The number of likely N-dealkylation sites (tertiary alicyclic amines) is 1. The summed E-state index contributed by atoms with van der Waals surface area (Å²) < 4.78 is 11.6. The summed E-state index contributed by atoms with van der Waals surface area (Å²) in [5.41, 5.74) is 1.80. The highest BCUT2D eigenvalue weighted by Crippen LogP contribution is 2.27. The van der Waals surface area contributed by atoms with Crippen molar-refractivity contribution in [2.75, 3.05) is 31.6 Å². The number of amides is 2. The molecular formula is C20H31N3O3. The Bertz CT molecular complexity index is 614. The molecule has 2 saturated heterocycles. The zero-order chi connectivity index (χ0) is 18.5. The predicted molar refractivity (Wildman–Crippen MR) is 103 cm³/mol. The summed E-state index contributed by atoms with van der Waals surface area (Å²) in [6.45, 7) is 9.65. The summed E-state index contributed by atoms with van der Waals surface area (Å²) in [4.78, 5) is 14.8. The fourth-order valence-electron chi connectivity index (χ4n) is 3.53. The molecule has 0 aliphatic carbocycles. The Morgan fingerprint density at radius 1 is 1.38 bits per heavy atom. The van der Waals surface area contributed by atoms with Crippen molar-refractivity contribution in [1.82, 2.24) is 10.2 Å². The average Bonchev–Trinajstić information content (AvgIpc) is 3.26. The maximum Gasteiger partial charge on any atom is 0.319 e. The number of nitrogens with one attached hydrogen (secondary N) is 2. The molecule has 1 aromatic rings. The third-order valence-corrected chi connectivity index (χ3v) is 5.12. The van der Waals surface area contributed by atoms with E-state index < -0.39 is 0 Å². The molecule has 144 valence electrons. The lowest BCUT2D eigenvalue weighted by atomic mass is 10.2. The normalized spacial score (nSPS) is 23.4. The van der Waals surface area contributed by atoms with Crippen LogP contribution in [0.25, 0.3) is 0 Å². The van der Waals surface area contributed by atoms with E-state index in [-0.39, 0.29) is 18.2 Å². The van der Waals surface area contributed by atoms with E-state index in [4.69, 9.17) is 9.47 Å². The van der Waals surface area contributed by atoms with Gasteiger partial charge < -0.3 is 20.1 Å². The standard InChI is InChI=1S/C20H31N3O3/c1-14(2)23-9-8-16(12-23)21-20(24)22-18-7-6-15(3)11-19(18)26-13-17-5-4-10-25-17/h6-7,11,14,16-17H,4-5,8-10,12-13H2,1-3H3,(H2,21,22,24). The lowest BCUT2D eigenvalue weighted by molar-refractivity contribution is 0.0682. The van der Waals surface area contributed by atoms with Gasteiger partial charge in [0.05, 0.1) is 11.8 Å². The number of urea groups is 1. The molecule has 2 unspecified atom stereocenters. The molecule has 6 nitrogen and oxygen atoms in total. The topological polar surface area (TPSA) is 62.8 Å². The number of hydrogen-bond donors (Lipinski definition) is 2. The zero-order valence-electron chi connectivity index (χ0n) is 16.1. The summed E-state index contributed by atoms with van der Waals surface area (Å²) in [6.07, 6.45) is 3.26. The third kappa shape index (κ3) is 5.11. The van der Waals surface area contributed by atoms with Crippen molar-refractivity contribution in [2.24, 2.45) is 0 Å². The number of benzene rings is 1. The molecule has 2 atom stereocenters. The Labute approximate surface area is 156 Å². The number of hydrogen-bond acceptors (Lipinski definition) is 4. The van der Waals surface area contributed by atoms with Crippen molar-refractivity contribution in [3.63, 3.8) is 0 Å². The molecule has 2 aliphatic heterocycles. The first-order chi connectivity index (χ1) is 12.5. The summed E-state index contributed by atoms with van der Waals surface area (Å²) in [5.74, 6) is 0.700. The van der Waals surface area contributed by atoms with Crippen molar-refractivity contribution in [1.29, 1.82) is 0 Å². The van der Waals surface area contributed by atoms with Gasteiger partial charge in [0.2, 0.25) is 0 Å². The van der Waals surface area contributed by atoms with Crippen LogP contribution in [0.1, 0.15) is 38.7 Å². The van der Waals surface area contributed by atoms with Gasteiger partial charge in [-0.15, -0.1) is 0 Å². The molecule has 2 amide bonds. The lowest BCUT2D eigenvalue weighted by Gasteiger charge is -2.21. The summed E-state index contributed by atoms with van der Waals surface area (Å²) in [7, 11) is 0.